The number of nitrogens with zero attached hydrogens (tertiary/aromatic N) is 1. The Labute approximate surface area is 125 Å². The fourth-order valence-electron chi connectivity index (χ4n) is 2.39. The molecule has 4 heteroatoms. The molecule has 1 N–H and O–H groups in total. The third-order valence-electron chi connectivity index (χ3n) is 3.13. The topological polar surface area (TPSA) is 34.2 Å². The summed E-state index contributed by atoms with van der Waals surface area (Å²) in [6.45, 7) is 5.83. The predicted molar refractivity (Wildman–Crippen MR) is 82.0 cm³/mol. The van der Waals surface area contributed by atoms with Gasteiger partial charge in [-0.15, -0.1) is 0 Å². The van der Waals surface area contributed by atoms with Crippen molar-refractivity contribution in [2.75, 3.05) is 7.05 Å². The van der Waals surface area contributed by atoms with Gasteiger partial charge >= 0.3 is 0 Å². The Balaban J connectivity index is 2.36. The van der Waals surface area contributed by atoms with Crippen LogP contribution in [0.15, 0.2) is 36.7 Å². The van der Waals surface area contributed by atoms with Crippen LogP contribution in [-0.4, -0.2) is 18.1 Å². The molecule has 2 rings (SSSR count). The Morgan fingerprint density at radius 2 is 1.86 bits per heavy atom. The van der Waals surface area contributed by atoms with Crippen LogP contribution in [0.1, 0.15) is 36.6 Å². The van der Waals surface area contributed by atoms with Gasteiger partial charge < -0.3 is 10.1 Å². The number of aromatic nitrogens is 1. The second kappa shape index (κ2) is 6.68. The molecule has 0 aliphatic carbocycles. The molecule has 1 atom stereocenters. The SMILES string of the molecule is CNC(c1cc(C)cc(F)c1)c1cncc(OC(C)C)c1. The molecule has 2 aromatic rings. The number of pyridine rings is 1. The molecule has 21 heavy (non-hydrogen) atoms. The third-order valence-corrected chi connectivity index (χ3v) is 3.13. The molecule has 0 spiro atoms. The van der Waals surface area contributed by atoms with E-state index in [1.165, 1.54) is 6.07 Å². The van der Waals surface area contributed by atoms with E-state index in [4.69, 9.17) is 4.74 Å². The summed E-state index contributed by atoms with van der Waals surface area (Å²) in [7, 11) is 1.85. The number of benzene rings is 1. The highest BCUT2D eigenvalue weighted by Gasteiger charge is 2.15. The van der Waals surface area contributed by atoms with Crippen LogP contribution in [-0.2, 0) is 0 Å². The van der Waals surface area contributed by atoms with Gasteiger partial charge in [-0.2, -0.15) is 0 Å². The lowest BCUT2D eigenvalue weighted by molar-refractivity contribution is 0.241. The Hall–Kier alpha value is -1.94. The van der Waals surface area contributed by atoms with Crippen LogP contribution in [0.25, 0.3) is 0 Å². The van der Waals surface area contributed by atoms with Gasteiger partial charge in [-0.25, -0.2) is 4.39 Å². The van der Waals surface area contributed by atoms with E-state index in [0.717, 1.165) is 22.4 Å². The number of aryl methyl sites for hydroxylation is 1. The number of rotatable bonds is 5. The zero-order valence-electron chi connectivity index (χ0n) is 12.9. The summed E-state index contributed by atoms with van der Waals surface area (Å²) in [6, 6.07) is 6.86. The van der Waals surface area contributed by atoms with Crippen LogP contribution < -0.4 is 10.1 Å². The molecule has 0 bridgehead atoms. The minimum Gasteiger partial charge on any atom is -0.489 e. The lowest BCUT2D eigenvalue weighted by atomic mass is 9.98. The molecule has 0 aliphatic heterocycles. The monoisotopic (exact) mass is 288 g/mol. The second-order valence-corrected chi connectivity index (χ2v) is 5.40. The Morgan fingerprint density at radius 1 is 1.10 bits per heavy atom. The van der Waals surface area contributed by atoms with Crippen LogP contribution >= 0.6 is 0 Å². The highest BCUT2D eigenvalue weighted by molar-refractivity contribution is 5.36. The largest absolute Gasteiger partial charge is 0.489 e. The fourth-order valence-corrected chi connectivity index (χ4v) is 2.39. The molecule has 0 amide bonds. The van der Waals surface area contributed by atoms with Crippen molar-refractivity contribution >= 4 is 0 Å². The zero-order valence-corrected chi connectivity index (χ0v) is 12.9. The van der Waals surface area contributed by atoms with Crippen molar-refractivity contribution in [3.63, 3.8) is 0 Å². The zero-order chi connectivity index (χ0) is 15.4. The van der Waals surface area contributed by atoms with Gasteiger partial charge in [0.25, 0.3) is 0 Å². The second-order valence-electron chi connectivity index (χ2n) is 5.40. The van der Waals surface area contributed by atoms with Gasteiger partial charge in [0.1, 0.15) is 11.6 Å². The standard InChI is InChI=1S/C17H21FN2O/c1-11(2)21-16-8-14(9-20-10-16)17(19-4)13-5-12(3)6-15(18)7-13/h5-11,17,19H,1-4H3. The van der Waals surface area contributed by atoms with Gasteiger partial charge in [-0.3, -0.25) is 4.98 Å². The number of hydrogen-bond donors (Lipinski definition) is 1. The summed E-state index contributed by atoms with van der Waals surface area (Å²) in [6.07, 6.45) is 3.55. The minimum atomic E-state index is -0.229. The molecule has 0 saturated heterocycles. The van der Waals surface area contributed by atoms with Crippen molar-refractivity contribution in [3.05, 3.63) is 59.2 Å². The molecule has 1 unspecified atom stereocenters. The maximum Gasteiger partial charge on any atom is 0.138 e. The van der Waals surface area contributed by atoms with Crippen LogP contribution in [0.2, 0.25) is 0 Å². The minimum absolute atomic E-state index is 0.0894. The molecule has 0 aliphatic rings. The van der Waals surface area contributed by atoms with E-state index in [0.29, 0.717) is 0 Å². The van der Waals surface area contributed by atoms with Crippen molar-refractivity contribution in [1.82, 2.24) is 10.3 Å². The van der Waals surface area contributed by atoms with E-state index in [2.05, 4.69) is 10.3 Å². The molecular weight excluding hydrogens is 267 g/mol. The van der Waals surface area contributed by atoms with E-state index < -0.39 is 0 Å². The van der Waals surface area contributed by atoms with Crippen molar-refractivity contribution in [2.45, 2.75) is 32.9 Å². The summed E-state index contributed by atoms with van der Waals surface area (Å²) < 4.78 is 19.3. The van der Waals surface area contributed by atoms with E-state index in [-0.39, 0.29) is 18.0 Å². The summed E-state index contributed by atoms with van der Waals surface area (Å²) in [4.78, 5) is 4.22. The first-order valence-electron chi connectivity index (χ1n) is 7.05. The maximum atomic E-state index is 13.6. The molecule has 0 saturated carbocycles. The third kappa shape index (κ3) is 4.02. The number of nitrogens with one attached hydrogen (secondary N) is 1. The maximum absolute atomic E-state index is 13.6. The number of halogens is 1. The van der Waals surface area contributed by atoms with Crippen LogP contribution in [0.4, 0.5) is 4.39 Å². The molecule has 1 aromatic carbocycles. The summed E-state index contributed by atoms with van der Waals surface area (Å²) in [5, 5.41) is 3.21. The van der Waals surface area contributed by atoms with E-state index in [9.17, 15) is 4.39 Å². The lowest BCUT2D eigenvalue weighted by Crippen LogP contribution is -2.18. The Morgan fingerprint density at radius 3 is 2.48 bits per heavy atom. The van der Waals surface area contributed by atoms with Gasteiger partial charge in [-0.1, -0.05) is 6.07 Å². The molecule has 3 nitrogen and oxygen atoms in total. The first kappa shape index (κ1) is 15.4. The van der Waals surface area contributed by atoms with Crippen molar-refractivity contribution in [1.29, 1.82) is 0 Å². The van der Waals surface area contributed by atoms with Crippen LogP contribution in [0, 0.1) is 12.7 Å². The van der Waals surface area contributed by atoms with E-state index in [1.54, 1.807) is 18.5 Å². The summed E-state index contributed by atoms with van der Waals surface area (Å²) in [5.74, 6) is 0.490. The van der Waals surface area contributed by atoms with Crippen molar-refractivity contribution in [3.8, 4) is 5.75 Å². The fraction of sp³-hybridized carbons (Fsp3) is 0.353. The number of hydrogen-bond acceptors (Lipinski definition) is 3. The van der Waals surface area contributed by atoms with Gasteiger partial charge in [0.2, 0.25) is 0 Å². The predicted octanol–water partition coefficient (Wildman–Crippen LogP) is 3.63. The van der Waals surface area contributed by atoms with Gasteiger partial charge in [-0.05, 0) is 62.7 Å². The molecule has 0 fully saturated rings. The highest BCUT2D eigenvalue weighted by atomic mass is 19.1. The molecule has 112 valence electrons. The lowest BCUT2D eigenvalue weighted by Gasteiger charge is -2.19. The summed E-state index contributed by atoms with van der Waals surface area (Å²) >= 11 is 0. The normalized spacial score (nSPS) is 12.5. The quantitative estimate of drug-likeness (QED) is 0.912. The average Bonchev–Trinajstić information content (AvgIpc) is 2.38. The van der Waals surface area contributed by atoms with Crippen molar-refractivity contribution in [2.24, 2.45) is 0 Å². The smallest absolute Gasteiger partial charge is 0.138 e. The average molecular weight is 288 g/mol. The highest BCUT2D eigenvalue weighted by Crippen LogP contribution is 2.25. The molecule has 0 radical (unpaired) electrons. The molecule has 1 heterocycles. The Bertz CT molecular complexity index is 593. The van der Waals surface area contributed by atoms with Crippen LogP contribution in [0.5, 0.6) is 5.75 Å². The van der Waals surface area contributed by atoms with Crippen molar-refractivity contribution < 1.29 is 9.13 Å². The van der Waals surface area contributed by atoms with Gasteiger partial charge in [0.05, 0.1) is 18.3 Å². The van der Waals surface area contributed by atoms with Gasteiger partial charge in [0, 0.05) is 6.20 Å². The van der Waals surface area contributed by atoms with E-state index >= 15 is 0 Å². The van der Waals surface area contributed by atoms with Crippen LogP contribution in [0.3, 0.4) is 0 Å². The summed E-state index contributed by atoms with van der Waals surface area (Å²) in [5.41, 5.74) is 2.71. The first-order chi connectivity index (χ1) is 9.99. The Kier molecular flexibility index (Phi) is 4.91. The molecule has 1 aromatic heterocycles. The number of ether oxygens (including phenoxy) is 1. The van der Waals surface area contributed by atoms with E-state index in [1.807, 2.05) is 40.0 Å². The first-order valence-corrected chi connectivity index (χ1v) is 7.05. The molecular formula is C17H21FN2O. The van der Waals surface area contributed by atoms with Gasteiger partial charge in [0.15, 0.2) is 0 Å².